The first kappa shape index (κ1) is 14.1. The van der Waals surface area contributed by atoms with E-state index in [1.165, 1.54) is 17.2 Å². The van der Waals surface area contributed by atoms with Crippen LogP contribution in [0.5, 0.6) is 0 Å². The van der Waals surface area contributed by atoms with E-state index in [-0.39, 0.29) is 6.61 Å². The fourth-order valence-electron chi connectivity index (χ4n) is 2.05. The minimum atomic E-state index is -0.397. The molecule has 2 nitrogen and oxygen atoms in total. The van der Waals surface area contributed by atoms with Crippen molar-refractivity contribution >= 4 is 5.97 Å². The molecule has 20 heavy (non-hydrogen) atoms. The SMILES string of the molecule is C=CC(=O)OCc1ccc(C(C)c2ccccc2)cc1. The molecule has 1 atom stereocenters. The van der Waals surface area contributed by atoms with Crippen LogP contribution in [0, 0.1) is 0 Å². The zero-order chi connectivity index (χ0) is 14.4. The summed E-state index contributed by atoms with van der Waals surface area (Å²) in [5, 5.41) is 0. The molecule has 0 N–H and O–H groups in total. The number of rotatable bonds is 5. The second kappa shape index (κ2) is 6.71. The standard InChI is InChI=1S/C18H18O2/c1-3-18(19)20-13-15-9-11-17(12-10-15)14(2)16-7-5-4-6-8-16/h3-12,14H,1,13H2,2H3. The van der Waals surface area contributed by atoms with Crippen LogP contribution in [0.4, 0.5) is 0 Å². The van der Waals surface area contributed by atoms with Crippen molar-refractivity contribution in [2.45, 2.75) is 19.4 Å². The predicted molar refractivity (Wildman–Crippen MR) is 80.4 cm³/mol. The molecule has 0 bridgehead atoms. The van der Waals surface area contributed by atoms with Crippen molar-refractivity contribution in [3.63, 3.8) is 0 Å². The fraction of sp³-hybridized carbons (Fsp3) is 0.167. The van der Waals surface area contributed by atoms with Crippen molar-refractivity contribution in [1.82, 2.24) is 0 Å². The number of esters is 1. The van der Waals surface area contributed by atoms with E-state index < -0.39 is 5.97 Å². The van der Waals surface area contributed by atoms with Crippen LogP contribution in [0.1, 0.15) is 29.5 Å². The van der Waals surface area contributed by atoms with E-state index in [9.17, 15) is 4.79 Å². The molecule has 2 rings (SSSR count). The number of benzene rings is 2. The third-order valence-electron chi connectivity index (χ3n) is 3.33. The Bertz CT molecular complexity index is 570. The topological polar surface area (TPSA) is 26.3 Å². The normalized spacial score (nSPS) is 11.7. The number of ether oxygens (including phenoxy) is 1. The van der Waals surface area contributed by atoms with Gasteiger partial charge in [-0.25, -0.2) is 4.79 Å². The Hall–Kier alpha value is -2.35. The smallest absolute Gasteiger partial charge is 0.330 e. The minimum absolute atomic E-state index is 0.283. The lowest BCUT2D eigenvalue weighted by atomic mass is 9.93. The highest BCUT2D eigenvalue weighted by molar-refractivity contribution is 5.81. The number of carbonyl (C=O) groups is 1. The number of carbonyl (C=O) groups excluding carboxylic acids is 1. The van der Waals surface area contributed by atoms with Gasteiger partial charge < -0.3 is 4.74 Å². The van der Waals surface area contributed by atoms with Gasteiger partial charge in [-0.3, -0.25) is 0 Å². The molecule has 0 spiro atoms. The van der Waals surface area contributed by atoms with Gasteiger partial charge in [0.15, 0.2) is 0 Å². The van der Waals surface area contributed by atoms with Crippen molar-refractivity contribution in [1.29, 1.82) is 0 Å². The van der Waals surface area contributed by atoms with E-state index in [4.69, 9.17) is 4.74 Å². The summed E-state index contributed by atoms with van der Waals surface area (Å²) in [5.41, 5.74) is 3.51. The van der Waals surface area contributed by atoms with Crippen LogP contribution < -0.4 is 0 Å². The molecule has 0 aliphatic heterocycles. The first-order valence-corrected chi connectivity index (χ1v) is 6.63. The highest BCUT2D eigenvalue weighted by Gasteiger charge is 2.07. The maximum absolute atomic E-state index is 11.0. The lowest BCUT2D eigenvalue weighted by molar-refractivity contribution is -0.138. The molecule has 0 fully saturated rings. The van der Waals surface area contributed by atoms with Gasteiger partial charge in [0.25, 0.3) is 0 Å². The van der Waals surface area contributed by atoms with Gasteiger partial charge in [0.1, 0.15) is 6.61 Å². The Balaban J connectivity index is 2.04. The molecular weight excluding hydrogens is 248 g/mol. The zero-order valence-corrected chi connectivity index (χ0v) is 11.6. The fourth-order valence-corrected chi connectivity index (χ4v) is 2.05. The predicted octanol–water partition coefficient (Wildman–Crippen LogP) is 4.07. The van der Waals surface area contributed by atoms with Crippen LogP contribution in [0.3, 0.4) is 0 Å². The first-order valence-electron chi connectivity index (χ1n) is 6.63. The van der Waals surface area contributed by atoms with E-state index in [0.29, 0.717) is 5.92 Å². The third kappa shape index (κ3) is 3.58. The summed E-state index contributed by atoms with van der Waals surface area (Å²) in [5.74, 6) is -0.0484. The summed E-state index contributed by atoms with van der Waals surface area (Å²) in [6.45, 7) is 5.83. The summed E-state index contributed by atoms with van der Waals surface area (Å²) in [6, 6.07) is 18.5. The van der Waals surface area contributed by atoms with Crippen LogP contribution in [-0.2, 0) is 16.1 Å². The lowest BCUT2D eigenvalue weighted by Crippen LogP contribution is -2.01. The first-order chi connectivity index (χ1) is 9.70. The Morgan fingerprint density at radius 3 is 2.30 bits per heavy atom. The van der Waals surface area contributed by atoms with E-state index >= 15 is 0 Å². The van der Waals surface area contributed by atoms with E-state index in [1.54, 1.807) is 0 Å². The van der Waals surface area contributed by atoms with Crippen LogP contribution >= 0.6 is 0 Å². The van der Waals surface area contributed by atoms with Gasteiger partial charge in [0, 0.05) is 12.0 Å². The molecule has 102 valence electrons. The molecule has 0 aliphatic carbocycles. The van der Waals surface area contributed by atoms with Gasteiger partial charge in [-0.15, -0.1) is 0 Å². The summed E-state index contributed by atoms with van der Waals surface area (Å²) in [7, 11) is 0. The molecule has 0 aliphatic rings. The van der Waals surface area contributed by atoms with Crippen molar-refractivity contribution in [3.05, 3.63) is 83.9 Å². The average Bonchev–Trinajstić information content (AvgIpc) is 2.53. The van der Waals surface area contributed by atoms with E-state index in [2.05, 4.69) is 49.9 Å². The number of hydrogen-bond donors (Lipinski definition) is 0. The summed E-state index contributed by atoms with van der Waals surface area (Å²) in [6.07, 6.45) is 1.17. The maximum atomic E-state index is 11.0. The van der Waals surface area contributed by atoms with Crippen LogP contribution in [0.2, 0.25) is 0 Å². The Morgan fingerprint density at radius 2 is 1.70 bits per heavy atom. The van der Waals surface area contributed by atoms with Crippen molar-refractivity contribution in [3.8, 4) is 0 Å². The van der Waals surface area contributed by atoms with Crippen molar-refractivity contribution in [2.24, 2.45) is 0 Å². The van der Waals surface area contributed by atoms with E-state index in [1.807, 2.05) is 18.2 Å². The third-order valence-corrected chi connectivity index (χ3v) is 3.33. The molecule has 0 heterocycles. The molecular formula is C18H18O2. The Morgan fingerprint density at radius 1 is 1.10 bits per heavy atom. The van der Waals surface area contributed by atoms with Crippen molar-refractivity contribution in [2.75, 3.05) is 0 Å². The lowest BCUT2D eigenvalue weighted by Gasteiger charge is -2.13. The second-order valence-electron chi connectivity index (χ2n) is 4.69. The molecule has 0 saturated carbocycles. The van der Waals surface area contributed by atoms with Gasteiger partial charge in [-0.05, 0) is 16.7 Å². The molecule has 2 aromatic rings. The van der Waals surface area contributed by atoms with Crippen LogP contribution in [-0.4, -0.2) is 5.97 Å². The monoisotopic (exact) mass is 266 g/mol. The molecule has 0 radical (unpaired) electrons. The molecule has 2 heteroatoms. The molecule has 0 amide bonds. The Labute approximate surface area is 119 Å². The molecule has 0 aromatic heterocycles. The second-order valence-corrected chi connectivity index (χ2v) is 4.69. The maximum Gasteiger partial charge on any atom is 0.330 e. The van der Waals surface area contributed by atoms with E-state index in [0.717, 1.165) is 5.56 Å². The largest absolute Gasteiger partial charge is 0.458 e. The summed E-state index contributed by atoms with van der Waals surface area (Å²) in [4.78, 5) is 11.0. The van der Waals surface area contributed by atoms with Gasteiger partial charge in [0.05, 0.1) is 0 Å². The summed E-state index contributed by atoms with van der Waals surface area (Å²) < 4.78 is 5.01. The van der Waals surface area contributed by atoms with Crippen molar-refractivity contribution < 1.29 is 9.53 Å². The highest BCUT2D eigenvalue weighted by Crippen LogP contribution is 2.24. The highest BCUT2D eigenvalue weighted by atomic mass is 16.5. The van der Waals surface area contributed by atoms with Gasteiger partial charge >= 0.3 is 5.97 Å². The molecule has 1 unspecified atom stereocenters. The zero-order valence-electron chi connectivity index (χ0n) is 11.6. The quantitative estimate of drug-likeness (QED) is 0.602. The number of hydrogen-bond acceptors (Lipinski definition) is 2. The average molecular weight is 266 g/mol. The van der Waals surface area contributed by atoms with Gasteiger partial charge in [-0.1, -0.05) is 68.1 Å². The molecule has 0 saturated heterocycles. The van der Waals surface area contributed by atoms with Gasteiger partial charge in [0.2, 0.25) is 0 Å². The molecule has 2 aromatic carbocycles. The van der Waals surface area contributed by atoms with Crippen LogP contribution in [0.15, 0.2) is 67.3 Å². The minimum Gasteiger partial charge on any atom is -0.458 e. The Kier molecular flexibility index (Phi) is 4.72. The van der Waals surface area contributed by atoms with Gasteiger partial charge in [-0.2, -0.15) is 0 Å². The van der Waals surface area contributed by atoms with Crippen LogP contribution in [0.25, 0.3) is 0 Å². The summed E-state index contributed by atoms with van der Waals surface area (Å²) >= 11 is 0.